The predicted molar refractivity (Wildman–Crippen MR) is 66.1 cm³/mol. The number of halogens is 1. The average Bonchev–Trinajstić information content (AvgIpc) is 2.47. The molecule has 0 aliphatic carbocycles. The number of hydrogen-bond acceptors (Lipinski definition) is 5. The molecule has 3 N–H and O–H groups in total. The SMILES string of the molecule is Br.CCCCN1C=CN(C)C1.OB(O)O. The predicted octanol–water partition coefficient (Wildman–Crippen LogP) is -0.0113. The van der Waals surface area contributed by atoms with Crippen LogP contribution in [0.25, 0.3) is 0 Å². The number of hydrogen-bond donors (Lipinski definition) is 3. The van der Waals surface area contributed by atoms with Crippen LogP contribution < -0.4 is 0 Å². The van der Waals surface area contributed by atoms with Crippen molar-refractivity contribution in [3.8, 4) is 0 Å². The highest BCUT2D eigenvalue weighted by molar-refractivity contribution is 8.93. The Labute approximate surface area is 102 Å². The monoisotopic (exact) mass is 282 g/mol. The number of unbranched alkanes of at least 4 members (excludes halogenated alkanes) is 1. The van der Waals surface area contributed by atoms with E-state index in [4.69, 9.17) is 15.1 Å². The molecule has 0 fully saturated rings. The smallest absolute Gasteiger partial charge is 0.402 e. The fraction of sp³-hybridized carbons (Fsp3) is 0.750. The Balaban J connectivity index is 0. The number of nitrogens with zero attached hydrogens (tertiary/aromatic N) is 2. The molecular formula is C8H20BBrN2O3. The summed E-state index contributed by atoms with van der Waals surface area (Å²) < 4.78 is 0. The molecule has 1 heterocycles. The minimum atomic E-state index is -2.17. The highest BCUT2D eigenvalue weighted by Crippen LogP contribution is 2.04. The molecule has 1 rings (SSSR count). The van der Waals surface area contributed by atoms with Gasteiger partial charge in [-0.25, -0.2) is 0 Å². The minimum absolute atomic E-state index is 0. The summed E-state index contributed by atoms with van der Waals surface area (Å²) in [4.78, 5) is 4.53. The van der Waals surface area contributed by atoms with Crippen LogP contribution in [0.1, 0.15) is 19.8 Å². The molecule has 0 saturated heterocycles. The molecule has 0 aromatic rings. The second kappa shape index (κ2) is 10.3. The van der Waals surface area contributed by atoms with Crippen molar-refractivity contribution in [3.63, 3.8) is 0 Å². The molecule has 0 radical (unpaired) electrons. The fourth-order valence-electron chi connectivity index (χ4n) is 1.10. The van der Waals surface area contributed by atoms with Gasteiger partial charge in [-0.3, -0.25) is 0 Å². The molecular weight excluding hydrogens is 263 g/mol. The van der Waals surface area contributed by atoms with E-state index in [2.05, 4.69) is 36.2 Å². The van der Waals surface area contributed by atoms with E-state index < -0.39 is 7.32 Å². The van der Waals surface area contributed by atoms with Gasteiger partial charge in [0.2, 0.25) is 0 Å². The first-order chi connectivity index (χ1) is 6.56. The molecule has 7 heteroatoms. The molecule has 1 aliphatic heterocycles. The molecule has 0 atom stereocenters. The summed E-state index contributed by atoms with van der Waals surface area (Å²) in [5, 5.41) is 21.5. The summed E-state index contributed by atoms with van der Waals surface area (Å²) in [6.45, 7) is 4.50. The molecule has 90 valence electrons. The zero-order valence-corrected chi connectivity index (χ0v) is 10.9. The Morgan fingerprint density at radius 3 is 2.13 bits per heavy atom. The van der Waals surface area contributed by atoms with Gasteiger partial charge in [-0.15, -0.1) is 17.0 Å². The van der Waals surface area contributed by atoms with Crippen LogP contribution in [0.2, 0.25) is 0 Å². The van der Waals surface area contributed by atoms with Crippen LogP contribution in [0.3, 0.4) is 0 Å². The zero-order chi connectivity index (χ0) is 11.0. The van der Waals surface area contributed by atoms with Crippen LogP contribution >= 0.6 is 17.0 Å². The van der Waals surface area contributed by atoms with Crippen LogP contribution in [0.15, 0.2) is 12.4 Å². The fourth-order valence-corrected chi connectivity index (χ4v) is 1.10. The summed E-state index contributed by atoms with van der Waals surface area (Å²) >= 11 is 0. The molecule has 0 unspecified atom stereocenters. The third-order valence-electron chi connectivity index (χ3n) is 1.74. The van der Waals surface area contributed by atoms with Gasteiger partial charge < -0.3 is 24.9 Å². The van der Waals surface area contributed by atoms with E-state index in [0.717, 1.165) is 6.67 Å². The molecule has 0 aromatic carbocycles. The molecule has 0 bridgehead atoms. The third-order valence-corrected chi connectivity index (χ3v) is 1.74. The topological polar surface area (TPSA) is 67.2 Å². The van der Waals surface area contributed by atoms with E-state index in [1.54, 1.807) is 0 Å². The van der Waals surface area contributed by atoms with Crippen molar-refractivity contribution >= 4 is 24.3 Å². The maximum Gasteiger partial charge on any atom is 0.631 e. The number of rotatable bonds is 3. The molecule has 0 amide bonds. The van der Waals surface area contributed by atoms with Gasteiger partial charge in [0, 0.05) is 26.0 Å². The Bertz CT molecular complexity index is 169. The first-order valence-corrected chi connectivity index (χ1v) is 4.73. The van der Waals surface area contributed by atoms with Gasteiger partial charge in [-0.1, -0.05) is 13.3 Å². The summed E-state index contributed by atoms with van der Waals surface area (Å²) in [5.74, 6) is 0. The van der Waals surface area contributed by atoms with E-state index in [1.165, 1.54) is 19.4 Å². The lowest BCUT2D eigenvalue weighted by Gasteiger charge is -2.17. The molecule has 0 saturated carbocycles. The van der Waals surface area contributed by atoms with Crippen molar-refractivity contribution in [2.24, 2.45) is 0 Å². The van der Waals surface area contributed by atoms with Gasteiger partial charge in [-0.2, -0.15) is 0 Å². The summed E-state index contributed by atoms with van der Waals surface area (Å²) in [5.41, 5.74) is 0. The summed E-state index contributed by atoms with van der Waals surface area (Å²) in [6, 6.07) is 0. The van der Waals surface area contributed by atoms with Crippen LogP contribution in [0.5, 0.6) is 0 Å². The Hall–Kier alpha value is -0.235. The first kappa shape index (κ1) is 17.2. The van der Waals surface area contributed by atoms with Gasteiger partial charge in [0.15, 0.2) is 0 Å². The van der Waals surface area contributed by atoms with Crippen molar-refractivity contribution in [2.75, 3.05) is 20.3 Å². The van der Waals surface area contributed by atoms with E-state index in [9.17, 15) is 0 Å². The van der Waals surface area contributed by atoms with Gasteiger partial charge in [0.1, 0.15) is 0 Å². The molecule has 1 aliphatic rings. The normalized spacial score (nSPS) is 13.1. The lowest BCUT2D eigenvalue weighted by molar-refractivity contribution is 0.278. The van der Waals surface area contributed by atoms with Crippen LogP contribution in [0.4, 0.5) is 0 Å². The van der Waals surface area contributed by atoms with Crippen LogP contribution in [-0.4, -0.2) is 52.5 Å². The van der Waals surface area contributed by atoms with Crippen molar-refractivity contribution in [2.45, 2.75) is 19.8 Å². The maximum absolute atomic E-state index is 7.17. The Morgan fingerprint density at radius 1 is 1.27 bits per heavy atom. The third kappa shape index (κ3) is 11.7. The molecule has 0 spiro atoms. The average molecular weight is 283 g/mol. The van der Waals surface area contributed by atoms with Crippen molar-refractivity contribution in [1.29, 1.82) is 0 Å². The van der Waals surface area contributed by atoms with Gasteiger partial charge in [-0.05, 0) is 6.42 Å². The van der Waals surface area contributed by atoms with Crippen molar-refractivity contribution in [3.05, 3.63) is 12.4 Å². The standard InChI is InChI=1S/C8H16N2.BH3O3.BrH/c1-3-4-5-10-7-6-9(2)8-10;2-1(3)4;/h6-7H,3-5,8H2,1-2H3;2-4H;1H. The summed E-state index contributed by atoms with van der Waals surface area (Å²) in [6.07, 6.45) is 6.87. The highest BCUT2D eigenvalue weighted by Gasteiger charge is 2.05. The quantitative estimate of drug-likeness (QED) is 0.636. The lowest BCUT2D eigenvalue weighted by atomic mass is 10.3. The highest BCUT2D eigenvalue weighted by atomic mass is 79.9. The molecule has 5 nitrogen and oxygen atoms in total. The van der Waals surface area contributed by atoms with Gasteiger partial charge in [0.05, 0.1) is 6.67 Å². The van der Waals surface area contributed by atoms with Crippen LogP contribution in [-0.2, 0) is 0 Å². The first-order valence-electron chi connectivity index (χ1n) is 4.73. The zero-order valence-electron chi connectivity index (χ0n) is 9.20. The largest absolute Gasteiger partial charge is 0.631 e. The van der Waals surface area contributed by atoms with Crippen molar-refractivity contribution in [1.82, 2.24) is 9.80 Å². The van der Waals surface area contributed by atoms with Crippen LogP contribution in [0, 0.1) is 0 Å². The van der Waals surface area contributed by atoms with Crippen molar-refractivity contribution < 1.29 is 15.1 Å². The Kier molecular flexibility index (Phi) is 11.8. The molecule has 0 aromatic heterocycles. The van der Waals surface area contributed by atoms with E-state index >= 15 is 0 Å². The second-order valence-corrected chi connectivity index (χ2v) is 3.21. The van der Waals surface area contributed by atoms with E-state index in [0.29, 0.717) is 0 Å². The van der Waals surface area contributed by atoms with Gasteiger partial charge >= 0.3 is 7.32 Å². The second-order valence-electron chi connectivity index (χ2n) is 3.21. The molecule has 15 heavy (non-hydrogen) atoms. The minimum Gasteiger partial charge on any atom is -0.402 e. The Morgan fingerprint density at radius 2 is 1.80 bits per heavy atom. The van der Waals surface area contributed by atoms with E-state index in [1.807, 2.05) is 0 Å². The maximum atomic E-state index is 7.17. The van der Waals surface area contributed by atoms with E-state index in [-0.39, 0.29) is 17.0 Å². The van der Waals surface area contributed by atoms with Gasteiger partial charge in [0.25, 0.3) is 0 Å². The summed E-state index contributed by atoms with van der Waals surface area (Å²) in [7, 11) is -0.0670. The lowest BCUT2D eigenvalue weighted by Crippen LogP contribution is -2.23.